The summed E-state index contributed by atoms with van der Waals surface area (Å²) in [5.74, 6) is -1.25. The molecule has 0 atom stereocenters. The molecule has 1 rings (SSSR count). The van der Waals surface area contributed by atoms with Gasteiger partial charge in [-0.3, -0.25) is 4.79 Å². The Morgan fingerprint density at radius 2 is 2.10 bits per heavy atom. The lowest BCUT2D eigenvalue weighted by molar-refractivity contribution is -0.131. The lowest BCUT2D eigenvalue weighted by atomic mass is 10.1. The van der Waals surface area contributed by atoms with E-state index >= 15 is 0 Å². The first-order valence-electron chi connectivity index (χ1n) is 6.29. The Bertz CT molecular complexity index is 570. The molecule has 114 valence electrons. The summed E-state index contributed by atoms with van der Waals surface area (Å²) in [6, 6.07) is 4.77. The standard InChI is InChI=1S/C15H18ClNO3S/c1-15(2,21-3)9-17-14(20)11-5-4-10(12(16)8-11)6-7-13(18)19/h4-8H,9H2,1-3H3,(H,17,20)(H,18,19)/b7-6+. The second-order valence-electron chi connectivity index (χ2n) is 5.05. The van der Waals surface area contributed by atoms with E-state index in [-0.39, 0.29) is 10.7 Å². The summed E-state index contributed by atoms with van der Waals surface area (Å²) in [4.78, 5) is 22.5. The second kappa shape index (κ2) is 7.52. The number of benzene rings is 1. The molecular weight excluding hydrogens is 310 g/mol. The van der Waals surface area contributed by atoms with E-state index < -0.39 is 5.97 Å². The molecule has 0 radical (unpaired) electrons. The minimum absolute atomic E-state index is 0.0381. The first-order valence-corrected chi connectivity index (χ1v) is 7.89. The molecule has 0 aliphatic carbocycles. The molecule has 0 spiro atoms. The van der Waals surface area contributed by atoms with Crippen LogP contribution in [0.1, 0.15) is 29.8 Å². The fourth-order valence-electron chi connectivity index (χ4n) is 1.43. The van der Waals surface area contributed by atoms with Gasteiger partial charge in [0.25, 0.3) is 5.91 Å². The number of aliphatic carboxylic acids is 1. The lowest BCUT2D eigenvalue weighted by Gasteiger charge is -2.22. The maximum atomic E-state index is 12.0. The molecule has 0 bridgehead atoms. The summed E-state index contributed by atoms with van der Waals surface area (Å²) < 4.78 is -0.0381. The third-order valence-corrected chi connectivity index (χ3v) is 4.47. The van der Waals surface area contributed by atoms with Gasteiger partial charge in [0.2, 0.25) is 0 Å². The predicted octanol–water partition coefficient (Wildman–Crippen LogP) is 3.31. The fourth-order valence-corrected chi connectivity index (χ4v) is 1.89. The van der Waals surface area contributed by atoms with Crippen LogP contribution in [0, 0.1) is 0 Å². The van der Waals surface area contributed by atoms with Gasteiger partial charge in [-0.2, -0.15) is 11.8 Å². The fraction of sp³-hybridized carbons (Fsp3) is 0.333. The lowest BCUT2D eigenvalue weighted by Crippen LogP contribution is -2.36. The van der Waals surface area contributed by atoms with Gasteiger partial charge < -0.3 is 10.4 Å². The minimum atomic E-state index is -1.05. The van der Waals surface area contributed by atoms with Crippen LogP contribution < -0.4 is 5.32 Å². The van der Waals surface area contributed by atoms with E-state index in [0.29, 0.717) is 22.7 Å². The van der Waals surface area contributed by atoms with Crippen molar-refractivity contribution < 1.29 is 14.7 Å². The maximum absolute atomic E-state index is 12.0. The summed E-state index contributed by atoms with van der Waals surface area (Å²) in [7, 11) is 0. The second-order valence-corrected chi connectivity index (χ2v) is 6.97. The van der Waals surface area contributed by atoms with Gasteiger partial charge in [-0.25, -0.2) is 4.79 Å². The molecule has 0 saturated carbocycles. The molecule has 1 aromatic rings. The van der Waals surface area contributed by atoms with Crippen LogP contribution in [0.15, 0.2) is 24.3 Å². The van der Waals surface area contributed by atoms with Crippen LogP contribution >= 0.6 is 23.4 Å². The van der Waals surface area contributed by atoms with Crippen molar-refractivity contribution in [2.24, 2.45) is 0 Å². The smallest absolute Gasteiger partial charge is 0.328 e. The number of nitrogens with one attached hydrogen (secondary N) is 1. The molecule has 4 nitrogen and oxygen atoms in total. The molecule has 2 N–H and O–H groups in total. The van der Waals surface area contributed by atoms with Gasteiger partial charge in [0.15, 0.2) is 0 Å². The van der Waals surface area contributed by atoms with Crippen LogP contribution in [0.5, 0.6) is 0 Å². The first-order chi connectivity index (χ1) is 9.75. The van der Waals surface area contributed by atoms with Crippen molar-refractivity contribution in [3.05, 3.63) is 40.4 Å². The average Bonchev–Trinajstić information content (AvgIpc) is 2.43. The molecule has 0 fully saturated rings. The topological polar surface area (TPSA) is 66.4 Å². The third-order valence-electron chi connectivity index (χ3n) is 2.90. The summed E-state index contributed by atoms with van der Waals surface area (Å²) in [5, 5.41) is 11.8. The highest BCUT2D eigenvalue weighted by Crippen LogP contribution is 2.21. The molecule has 1 amide bonds. The average molecular weight is 328 g/mol. The Labute approximate surface area is 133 Å². The van der Waals surface area contributed by atoms with Gasteiger partial charge in [0.05, 0.1) is 0 Å². The maximum Gasteiger partial charge on any atom is 0.328 e. The number of halogens is 1. The SMILES string of the molecule is CSC(C)(C)CNC(=O)c1ccc(/C=C/C(=O)O)c(Cl)c1. The van der Waals surface area contributed by atoms with Crippen LogP contribution in [-0.2, 0) is 4.79 Å². The molecule has 0 aliphatic heterocycles. The van der Waals surface area contributed by atoms with Crippen LogP contribution in [-0.4, -0.2) is 34.5 Å². The number of carboxylic acids is 1. The molecule has 6 heteroatoms. The molecule has 0 saturated heterocycles. The van der Waals surface area contributed by atoms with Gasteiger partial charge in [-0.1, -0.05) is 17.7 Å². The molecular formula is C15H18ClNO3S. The van der Waals surface area contributed by atoms with Crippen molar-refractivity contribution in [2.45, 2.75) is 18.6 Å². The van der Waals surface area contributed by atoms with E-state index in [1.807, 2.05) is 20.1 Å². The van der Waals surface area contributed by atoms with Crippen LogP contribution in [0.3, 0.4) is 0 Å². The van der Waals surface area contributed by atoms with Crippen molar-refractivity contribution in [2.75, 3.05) is 12.8 Å². The zero-order chi connectivity index (χ0) is 16.0. The van der Waals surface area contributed by atoms with E-state index in [0.717, 1.165) is 6.08 Å². The van der Waals surface area contributed by atoms with Crippen molar-refractivity contribution in [1.29, 1.82) is 0 Å². The number of carboxylic acid groups (broad SMARTS) is 1. The van der Waals surface area contributed by atoms with Gasteiger partial charge in [0, 0.05) is 28.0 Å². The van der Waals surface area contributed by atoms with Gasteiger partial charge >= 0.3 is 5.97 Å². The summed E-state index contributed by atoms with van der Waals surface area (Å²) >= 11 is 7.72. The molecule has 0 aliphatic rings. The highest BCUT2D eigenvalue weighted by Gasteiger charge is 2.17. The predicted molar refractivity (Wildman–Crippen MR) is 88.0 cm³/mol. The molecule has 21 heavy (non-hydrogen) atoms. The number of hydrogen-bond acceptors (Lipinski definition) is 3. The monoisotopic (exact) mass is 327 g/mol. The molecule has 0 heterocycles. The number of carbonyl (C=O) groups excluding carboxylic acids is 1. The number of thioether (sulfide) groups is 1. The van der Waals surface area contributed by atoms with Gasteiger partial charge in [0.1, 0.15) is 0 Å². The van der Waals surface area contributed by atoms with Crippen LogP contribution in [0.2, 0.25) is 5.02 Å². The Morgan fingerprint density at radius 3 is 2.62 bits per heavy atom. The Hall–Kier alpha value is -1.46. The quantitative estimate of drug-likeness (QED) is 0.787. The number of carbonyl (C=O) groups is 2. The molecule has 0 unspecified atom stereocenters. The zero-order valence-corrected chi connectivity index (χ0v) is 13.7. The Kier molecular flexibility index (Phi) is 6.30. The molecule has 0 aromatic heterocycles. The van der Waals surface area contributed by atoms with E-state index in [1.54, 1.807) is 23.9 Å². The van der Waals surface area contributed by atoms with E-state index in [9.17, 15) is 9.59 Å². The van der Waals surface area contributed by atoms with E-state index in [2.05, 4.69) is 5.32 Å². The van der Waals surface area contributed by atoms with Crippen molar-refractivity contribution in [3.63, 3.8) is 0 Å². The first kappa shape index (κ1) is 17.6. The van der Waals surface area contributed by atoms with E-state index in [4.69, 9.17) is 16.7 Å². The minimum Gasteiger partial charge on any atom is -0.478 e. The highest BCUT2D eigenvalue weighted by molar-refractivity contribution is 7.99. The van der Waals surface area contributed by atoms with Crippen molar-refractivity contribution in [1.82, 2.24) is 5.32 Å². The summed E-state index contributed by atoms with van der Waals surface area (Å²) in [5.41, 5.74) is 1.00. The number of hydrogen-bond donors (Lipinski definition) is 2. The Morgan fingerprint density at radius 1 is 1.43 bits per heavy atom. The van der Waals surface area contributed by atoms with Gasteiger partial charge in [-0.15, -0.1) is 0 Å². The highest BCUT2D eigenvalue weighted by atomic mass is 35.5. The largest absolute Gasteiger partial charge is 0.478 e. The van der Waals surface area contributed by atoms with Crippen LogP contribution in [0.25, 0.3) is 6.08 Å². The summed E-state index contributed by atoms with van der Waals surface area (Å²) in [6.07, 6.45) is 4.39. The van der Waals surface area contributed by atoms with Gasteiger partial charge in [-0.05, 0) is 43.9 Å². The summed E-state index contributed by atoms with van der Waals surface area (Å²) in [6.45, 7) is 4.64. The molecule has 1 aromatic carbocycles. The number of amides is 1. The van der Waals surface area contributed by atoms with Crippen molar-refractivity contribution >= 4 is 41.3 Å². The number of rotatable bonds is 6. The van der Waals surface area contributed by atoms with Crippen molar-refractivity contribution in [3.8, 4) is 0 Å². The normalized spacial score (nSPS) is 11.6. The third kappa shape index (κ3) is 5.81. The zero-order valence-electron chi connectivity index (χ0n) is 12.1. The van der Waals surface area contributed by atoms with E-state index in [1.165, 1.54) is 12.1 Å². The van der Waals surface area contributed by atoms with Crippen LogP contribution in [0.4, 0.5) is 0 Å². The Balaban J connectivity index is 2.79.